The average molecular weight is 735 g/mol. The van der Waals surface area contributed by atoms with Gasteiger partial charge in [0.2, 0.25) is 5.88 Å². The number of urea groups is 1. The second kappa shape index (κ2) is 13.7. The fourth-order valence-electron chi connectivity index (χ4n) is 8.48. The summed E-state index contributed by atoms with van der Waals surface area (Å²) in [4.78, 5) is 39.8. The minimum absolute atomic E-state index is 0.0349. The molecule has 1 spiro atoms. The Labute approximate surface area is 312 Å². The first-order valence-electron chi connectivity index (χ1n) is 18.1. The number of carbonyl (C=O) groups excluding carboxylic acids is 1. The molecule has 1 aliphatic carbocycles. The molecular formula is C40H43ClN8O4. The first-order chi connectivity index (χ1) is 25.6. The fraction of sp³-hybridized carbons (Fsp3) is 0.375. The van der Waals surface area contributed by atoms with E-state index in [1.54, 1.807) is 25.3 Å². The first kappa shape index (κ1) is 35.0. The molecule has 0 bridgehead atoms. The van der Waals surface area contributed by atoms with E-state index in [0.29, 0.717) is 35.2 Å². The lowest BCUT2D eigenvalue weighted by atomic mass is 9.92. The number of β-amino-alcohol motifs (C(OH)–C–C–N with tert-alkyl or cyclic N) is 1. The van der Waals surface area contributed by atoms with Gasteiger partial charge >= 0.3 is 6.03 Å². The Morgan fingerprint density at radius 2 is 1.83 bits per heavy atom. The van der Waals surface area contributed by atoms with Crippen molar-refractivity contribution in [3.05, 3.63) is 92.5 Å². The summed E-state index contributed by atoms with van der Waals surface area (Å²) in [6.45, 7) is 6.54. The highest BCUT2D eigenvalue weighted by Crippen LogP contribution is 2.47. The third-order valence-corrected chi connectivity index (χ3v) is 11.7. The average Bonchev–Trinajstić information content (AvgIpc) is 3.76. The van der Waals surface area contributed by atoms with Crippen molar-refractivity contribution in [2.75, 3.05) is 45.2 Å². The summed E-state index contributed by atoms with van der Waals surface area (Å²) in [6, 6.07) is 16.0. The van der Waals surface area contributed by atoms with Crippen LogP contribution in [0, 0.1) is 13.8 Å². The third-order valence-electron chi connectivity index (χ3n) is 11.2. The van der Waals surface area contributed by atoms with Crippen molar-refractivity contribution in [1.29, 1.82) is 0 Å². The van der Waals surface area contributed by atoms with Crippen molar-refractivity contribution in [2.24, 2.45) is 7.05 Å². The van der Waals surface area contributed by atoms with Crippen LogP contribution in [0.3, 0.4) is 0 Å². The predicted molar refractivity (Wildman–Crippen MR) is 206 cm³/mol. The van der Waals surface area contributed by atoms with E-state index >= 15 is 0 Å². The van der Waals surface area contributed by atoms with Gasteiger partial charge < -0.3 is 25.4 Å². The highest BCUT2D eigenvalue weighted by Gasteiger charge is 2.46. The number of amides is 2. The zero-order valence-electron chi connectivity index (χ0n) is 30.4. The molecular weight excluding hydrogens is 692 g/mol. The smallest absolute Gasteiger partial charge is 0.317 e. The normalized spacial score (nSPS) is 19.9. The third kappa shape index (κ3) is 6.18. The highest BCUT2D eigenvalue weighted by atomic mass is 35.5. The number of aromatic nitrogens is 4. The molecule has 12 nitrogen and oxygen atoms in total. The maximum atomic E-state index is 13.1. The molecule has 13 heteroatoms. The standard InChI is InChI=1S/C40H43ClN8O4/c1-23-19-26-21-42-47(3)38(51)34(26)36(43-23)44-30-10-6-7-27(24(30)2)28-8-5-9-29(35(28)41)31-20-25-11-12-32(33(25)37(45-31)53-4)49-16-14-40(22-49)13-15-48(17-18-50)39(52)46-40/h5-10,19-21,32,50H,11-18,22H2,1-4H3,(H,43,44)(H,46,52). The number of likely N-dealkylation sites (tertiary alicyclic amines) is 1. The zero-order valence-corrected chi connectivity index (χ0v) is 31.1. The SMILES string of the molecule is COc1nc(-c2cccc(-c3cccc(Nc4nc(C)cc5cnn(C)c(=O)c45)c3C)c2Cl)cc2c1C(N1CCC3(CCN(CCO)C(=O)N3)C1)CC2. The van der Waals surface area contributed by atoms with E-state index in [1.165, 1.54) is 10.2 Å². The Balaban J connectivity index is 1.09. The van der Waals surface area contributed by atoms with Crippen molar-refractivity contribution < 1.29 is 14.6 Å². The summed E-state index contributed by atoms with van der Waals surface area (Å²) in [5, 5.41) is 22.0. The van der Waals surface area contributed by atoms with Gasteiger partial charge in [0.1, 0.15) is 5.82 Å². The van der Waals surface area contributed by atoms with Gasteiger partial charge in [0.25, 0.3) is 5.56 Å². The fourth-order valence-corrected chi connectivity index (χ4v) is 8.80. The molecule has 2 aromatic carbocycles. The van der Waals surface area contributed by atoms with Crippen molar-refractivity contribution in [2.45, 2.75) is 51.1 Å². The summed E-state index contributed by atoms with van der Waals surface area (Å²) in [7, 11) is 3.30. The summed E-state index contributed by atoms with van der Waals surface area (Å²) in [5.74, 6) is 1.08. The number of nitrogens with one attached hydrogen (secondary N) is 2. The quantitative estimate of drug-likeness (QED) is 0.178. The topological polar surface area (TPSA) is 138 Å². The monoisotopic (exact) mass is 734 g/mol. The van der Waals surface area contributed by atoms with Crippen molar-refractivity contribution in [1.82, 2.24) is 34.9 Å². The van der Waals surface area contributed by atoms with Crippen LogP contribution < -0.4 is 20.9 Å². The van der Waals surface area contributed by atoms with Crippen LogP contribution in [0.2, 0.25) is 5.02 Å². The second-order valence-corrected chi connectivity index (χ2v) is 14.8. The molecule has 5 aromatic rings. The van der Waals surface area contributed by atoms with E-state index in [0.717, 1.165) is 89.1 Å². The van der Waals surface area contributed by atoms with E-state index < -0.39 is 0 Å². The number of pyridine rings is 2. The summed E-state index contributed by atoms with van der Waals surface area (Å²) in [6.07, 6.45) is 5.25. The van der Waals surface area contributed by atoms with Crippen LogP contribution in [-0.2, 0) is 13.5 Å². The van der Waals surface area contributed by atoms with Crippen LogP contribution in [-0.4, -0.2) is 86.1 Å². The van der Waals surface area contributed by atoms with Crippen molar-refractivity contribution >= 4 is 39.9 Å². The molecule has 8 rings (SSSR count). The van der Waals surface area contributed by atoms with Crippen molar-refractivity contribution in [3.63, 3.8) is 0 Å². The molecule has 3 N–H and O–H groups in total. The Bertz CT molecular complexity index is 2330. The van der Waals surface area contributed by atoms with E-state index in [9.17, 15) is 14.7 Å². The predicted octanol–water partition coefficient (Wildman–Crippen LogP) is 5.92. The molecule has 0 radical (unpaired) electrons. The maximum absolute atomic E-state index is 13.1. The number of fused-ring (bicyclic) bond motifs is 2. The van der Waals surface area contributed by atoms with Gasteiger partial charge in [-0.25, -0.2) is 19.4 Å². The number of benzene rings is 2. The van der Waals surface area contributed by atoms with Crippen LogP contribution in [0.5, 0.6) is 5.88 Å². The van der Waals surface area contributed by atoms with Crippen LogP contribution in [0.4, 0.5) is 16.3 Å². The number of rotatable bonds is 8. The van der Waals surface area contributed by atoms with Gasteiger partial charge in [0.05, 0.1) is 41.6 Å². The van der Waals surface area contributed by atoms with E-state index in [4.69, 9.17) is 26.3 Å². The molecule has 3 aromatic heterocycles. The lowest BCUT2D eigenvalue weighted by Gasteiger charge is -2.40. The number of aliphatic hydroxyl groups is 1. The largest absolute Gasteiger partial charge is 0.481 e. The lowest BCUT2D eigenvalue weighted by molar-refractivity contribution is 0.127. The molecule has 2 saturated heterocycles. The van der Waals surface area contributed by atoms with Gasteiger partial charge in [-0.2, -0.15) is 5.10 Å². The molecule has 2 amide bonds. The van der Waals surface area contributed by atoms with Crippen LogP contribution in [0.1, 0.15) is 47.7 Å². The molecule has 2 aliphatic heterocycles. The number of aryl methyl sites for hydroxylation is 3. The number of hydrogen-bond donors (Lipinski definition) is 3. The van der Waals surface area contributed by atoms with Crippen LogP contribution in [0.15, 0.2) is 59.5 Å². The molecule has 0 saturated carbocycles. The van der Waals surface area contributed by atoms with Gasteiger partial charge in [-0.05, 0) is 74.4 Å². The summed E-state index contributed by atoms with van der Waals surface area (Å²) in [5.41, 5.74) is 7.73. The van der Waals surface area contributed by atoms with Crippen molar-refractivity contribution in [3.8, 4) is 28.3 Å². The minimum Gasteiger partial charge on any atom is -0.481 e. The number of methoxy groups -OCH3 is 1. The zero-order chi connectivity index (χ0) is 37.0. The number of anilines is 2. The number of halogens is 1. The number of aliphatic hydroxyl groups excluding tert-OH is 1. The molecule has 53 heavy (non-hydrogen) atoms. The second-order valence-electron chi connectivity index (χ2n) is 14.5. The number of carbonyl (C=O) groups is 1. The molecule has 2 fully saturated rings. The molecule has 2 unspecified atom stereocenters. The number of nitrogens with zero attached hydrogens (tertiary/aromatic N) is 6. The molecule has 2 atom stereocenters. The van der Waals surface area contributed by atoms with Gasteiger partial charge in [0, 0.05) is 72.7 Å². The van der Waals surface area contributed by atoms with Crippen LogP contribution >= 0.6 is 11.6 Å². The minimum atomic E-state index is -0.260. The molecule has 5 heterocycles. The number of hydrogen-bond acceptors (Lipinski definition) is 9. The maximum Gasteiger partial charge on any atom is 0.317 e. The Morgan fingerprint density at radius 1 is 1.06 bits per heavy atom. The first-order valence-corrected chi connectivity index (χ1v) is 18.5. The van der Waals surface area contributed by atoms with E-state index in [-0.39, 0.29) is 29.8 Å². The number of ether oxygens (including phenoxy) is 1. The Kier molecular flexibility index (Phi) is 9.08. The van der Waals surface area contributed by atoms with Gasteiger partial charge in [-0.3, -0.25) is 9.69 Å². The Morgan fingerprint density at radius 3 is 2.62 bits per heavy atom. The van der Waals surface area contributed by atoms with Gasteiger partial charge in [0.15, 0.2) is 0 Å². The highest BCUT2D eigenvalue weighted by molar-refractivity contribution is 6.36. The van der Waals surface area contributed by atoms with Gasteiger partial charge in [-0.1, -0.05) is 41.9 Å². The van der Waals surface area contributed by atoms with Crippen LogP contribution in [0.25, 0.3) is 33.2 Å². The lowest BCUT2D eigenvalue weighted by Crippen LogP contribution is -2.61. The summed E-state index contributed by atoms with van der Waals surface area (Å²) >= 11 is 7.28. The van der Waals surface area contributed by atoms with E-state index in [1.807, 2.05) is 56.3 Å². The van der Waals surface area contributed by atoms with E-state index in [2.05, 4.69) is 26.7 Å². The summed E-state index contributed by atoms with van der Waals surface area (Å²) < 4.78 is 7.30. The Hall–Kier alpha value is -5.04. The molecule has 274 valence electrons. The van der Waals surface area contributed by atoms with Gasteiger partial charge in [-0.15, -0.1) is 0 Å². The molecule has 3 aliphatic rings.